The van der Waals surface area contributed by atoms with Gasteiger partial charge in [0, 0.05) is 24.3 Å². The first-order chi connectivity index (χ1) is 10.2. The summed E-state index contributed by atoms with van der Waals surface area (Å²) in [6, 6.07) is 7.72. The van der Waals surface area contributed by atoms with E-state index in [1.807, 2.05) is 31.2 Å². The summed E-state index contributed by atoms with van der Waals surface area (Å²) in [5, 5.41) is 12.0. The van der Waals surface area contributed by atoms with Crippen molar-refractivity contribution in [2.24, 2.45) is 5.92 Å². The molecule has 0 spiro atoms. The zero-order chi connectivity index (χ0) is 15.1. The third-order valence-corrected chi connectivity index (χ3v) is 3.59. The van der Waals surface area contributed by atoms with E-state index in [-0.39, 0.29) is 18.6 Å². The van der Waals surface area contributed by atoms with E-state index in [0.29, 0.717) is 18.9 Å². The maximum atomic E-state index is 12.0. The molecule has 1 aromatic rings. The van der Waals surface area contributed by atoms with E-state index >= 15 is 0 Å². The van der Waals surface area contributed by atoms with Crippen molar-refractivity contribution >= 4 is 12.0 Å². The highest BCUT2D eigenvalue weighted by atomic mass is 16.5. The van der Waals surface area contributed by atoms with Crippen LogP contribution in [-0.2, 0) is 4.79 Å². The Bertz CT molecular complexity index is 495. The molecule has 4 heteroatoms. The Balaban J connectivity index is 1.95. The van der Waals surface area contributed by atoms with Crippen molar-refractivity contribution in [2.45, 2.75) is 32.2 Å². The molecule has 0 bridgehead atoms. The van der Waals surface area contributed by atoms with Crippen LogP contribution in [0, 0.1) is 5.92 Å². The van der Waals surface area contributed by atoms with Crippen molar-refractivity contribution < 1.29 is 14.6 Å². The summed E-state index contributed by atoms with van der Waals surface area (Å²) in [5.41, 5.74) is 0.889. The lowest BCUT2D eigenvalue weighted by molar-refractivity contribution is -0.117. The summed E-state index contributed by atoms with van der Waals surface area (Å²) >= 11 is 0. The number of aliphatic hydroxyl groups is 1. The van der Waals surface area contributed by atoms with Gasteiger partial charge in [-0.15, -0.1) is 0 Å². The van der Waals surface area contributed by atoms with Gasteiger partial charge >= 0.3 is 0 Å². The highest BCUT2D eigenvalue weighted by Crippen LogP contribution is 2.33. The number of amides is 1. The van der Waals surface area contributed by atoms with Crippen LogP contribution in [0.15, 0.2) is 30.3 Å². The number of hydrogen-bond acceptors (Lipinski definition) is 3. The molecule has 0 aromatic heterocycles. The van der Waals surface area contributed by atoms with Crippen molar-refractivity contribution in [1.82, 2.24) is 5.32 Å². The lowest BCUT2D eigenvalue weighted by Gasteiger charge is -2.15. The van der Waals surface area contributed by atoms with Gasteiger partial charge < -0.3 is 15.2 Å². The van der Waals surface area contributed by atoms with Crippen LogP contribution in [0.25, 0.3) is 6.08 Å². The fourth-order valence-corrected chi connectivity index (χ4v) is 2.36. The first-order valence-electron chi connectivity index (χ1n) is 7.56. The molecule has 0 radical (unpaired) electrons. The first-order valence-corrected chi connectivity index (χ1v) is 7.56. The molecular formula is C17H23NO3. The number of para-hydroxylation sites is 1. The Labute approximate surface area is 125 Å². The summed E-state index contributed by atoms with van der Waals surface area (Å²) in [6.45, 7) is 2.64. The molecule has 1 fully saturated rings. The van der Waals surface area contributed by atoms with E-state index in [1.165, 1.54) is 6.08 Å². The first kappa shape index (κ1) is 15.6. The van der Waals surface area contributed by atoms with Crippen LogP contribution in [-0.4, -0.2) is 30.3 Å². The van der Waals surface area contributed by atoms with E-state index < -0.39 is 0 Å². The molecule has 0 saturated heterocycles. The molecule has 1 amide bonds. The third kappa shape index (κ3) is 4.90. The molecule has 114 valence electrons. The topological polar surface area (TPSA) is 58.6 Å². The fourth-order valence-electron chi connectivity index (χ4n) is 2.36. The van der Waals surface area contributed by atoms with Gasteiger partial charge in [0.2, 0.25) is 5.91 Å². The van der Waals surface area contributed by atoms with Gasteiger partial charge in [-0.25, -0.2) is 0 Å². The maximum Gasteiger partial charge on any atom is 0.244 e. The molecule has 2 N–H and O–H groups in total. The SMILES string of the molecule is CCOc1ccccc1/C=C/C(=O)NC(CCO)C1CC1. The van der Waals surface area contributed by atoms with E-state index in [1.54, 1.807) is 6.08 Å². The number of nitrogens with one attached hydrogen (secondary N) is 1. The lowest BCUT2D eigenvalue weighted by atomic mass is 10.1. The van der Waals surface area contributed by atoms with Crippen LogP contribution in [0.1, 0.15) is 31.7 Å². The van der Waals surface area contributed by atoms with Gasteiger partial charge in [-0.2, -0.15) is 0 Å². The number of aliphatic hydroxyl groups excluding tert-OH is 1. The average molecular weight is 289 g/mol. The molecule has 1 aliphatic rings. The number of carbonyl (C=O) groups excluding carboxylic acids is 1. The summed E-state index contributed by atoms with van der Waals surface area (Å²) in [6.07, 6.45) is 6.21. The standard InChI is InChI=1S/C17H23NO3/c1-2-21-16-6-4-3-5-14(16)9-10-17(20)18-15(11-12-19)13-7-8-13/h3-6,9-10,13,15,19H,2,7-8,11-12H2,1H3,(H,18,20)/b10-9+. The minimum atomic E-state index is -0.119. The Kier molecular flexibility index (Phi) is 5.81. The molecule has 1 saturated carbocycles. The number of rotatable bonds is 8. The van der Waals surface area contributed by atoms with Crippen LogP contribution >= 0.6 is 0 Å². The minimum Gasteiger partial charge on any atom is -0.493 e. The van der Waals surface area contributed by atoms with Crippen LogP contribution in [0.5, 0.6) is 5.75 Å². The van der Waals surface area contributed by atoms with Crippen LogP contribution < -0.4 is 10.1 Å². The van der Waals surface area contributed by atoms with Gasteiger partial charge in [-0.05, 0) is 44.2 Å². The second-order valence-corrected chi connectivity index (χ2v) is 5.27. The molecule has 4 nitrogen and oxygen atoms in total. The predicted molar refractivity (Wildman–Crippen MR) is 83.0 cm³/mol. The van der Waals surface area contributed by atoms with E-state index in [0.717, 1.165) is 24.2 Å². The Morgan fingerprint density at radius 2 is 2.24 bits per heavy atom. The molecule has 0 heterocycles. The van der Waals surface area contributed by atoms with Crippen molar-refractivity contribution in [1.29, 1.82) is 0 Å². The van der Waals surface area contributed by atoms with Gasteiger partial charge in [0.05, 0.1) is 6.61 Å². The summed E-state index contributed by atoms with van der Waals surface area (Å²) in [4.78, 5) is 12.0. The van der Waals surface area contributed by atoms with E-state index in [2.05, 4.69) is 5.32 Å². The molecule has 1 unspecified atom stereocenters. The second kappa shape index (κ2) is 7.84. The lowest BCUT2D eigenvalue weighted by Crippen LogP contribution is -2.36. The molecule has 2 rings (SSSR count). The molecule has 1 aromatic carbocycles. The monoisotopic (exact) mass is 289 g/mol. The Morgan fingerprint density at radius 1 is 1.48 bits per heavy atom. The Hall–Kier alpha value is -1.81. The van der Waals surface area contributed by atoms with Gasteiger partial charge in [0.25, 0.3) is 0 Å². The maximum absolute atomic E-state index is 12.0. The van der Waals surface area contributed by atoms with E-state index in [9.17, 15) is 4.79 Å². The highest BCUT2D eigenvalue weighted by Gasteiger charge is 2.31. The highest BCUT2D eigenvalue weighted by molar-refractivity contribution is 5.92. The number of ether oxygens (including phenoxy) is 1. The van der Waals surface area contributed by atoms with Crippen molar-refractivity contribution in [3.8, 4) is 5.75 Å². The zero-order valence-electron chi connectivity index (χ0n) is 12.4. The average Bonchev–Trinajstić information content (AvgIpc) is 3.31. The van der Waals surface area contributed by atoms with E-state index in [4.69, 9.17) is 9.84 Å². The van der Waals surface area contributed by atoms with Gasteiger partial charge in [-0.3, -0.25) is 4.79 Å². The molecule has 21 heavy (non-hydrogen) atoms. The van der Waals surface area contributed by atoms with Crippen molar-refractivity contribution in [3.05, 3.63) is 35.9 Å². The Morgan fingerprint density at radius 3 is 2.90 bits per heavy atom. The predicted octanol–water partition coefficient (Wildman–Crippen LogP) is 2.38. The second-order valence-electron chi connectivity index (χ2n) is 5.27. The quantitative estimate of drug-likeness (QED) is 0.722. The summed E-state index contributed by atoms with van der Waals surface area (Å²) < 4.78 is 5.52. The summed E-state index contributed by atoms with van der Waals surface area (Å²) in [5.74, 6) is 1.19. The largest absolute Gasteiger partial charge is 0.493 e. The smallest absolute Gasteiger partial charge is 0.244 e. The number of hydrogen-bond donors (Lipinski definition) is 2. The van der Waals surface area contributed by atoms with Crippen LogP contribution in [0.4, 0.5) is 0 Å². The summed E-state index contributed by atoms with van der Waals surface area (Å²) in [7, 11) is 0. The van der Waals surface area contributed by atoms with Gasteiger partial charge in [0.15, 0.2) is 0 Å². The third-order valence-electron chi connectivity index (χ3n) is 3.59. The van der Waals surface area contributed by atoms with Crippen LogP contribution in [0.3, 0.4) is 0 Å². The van der Waals surface area contributed by atoms with Gasteiger partial charge in [-0.1, -0.05) is 18.2 Å². The number of benzene rings is 1. The van der Waals surface area contributed by atoms with Crippen LogP contribution in [0.2, 0.25) is 0 Å². The number of carbonyl (C=O) groups is 1. The molecule has 1 atom stereocenters. The molecular weight excluding hydrogens is 266 g/mol. The van der Waals surface area contributed by atoms with Crippen molar-refractivity contribution in [2.75, 3.05) is 13.2 Å². The minimum absolute atomic E-state index is 0.0919. The molecule has 1 aliphatic carbocycles. The van der Waals surface area contributed by atoms with Crippen molar-refractivity contribution in [3.63, 3.8) is 0 Å². The zero-order valence-corrected chi connectivity index (χ0v) is 12.4. The molecule has 0 aliphatic heterocycles. The van der Waals surface area contributed by atoms with Gasteiger partial charge in [0.1, 0.15) is 5.75 Å². The fraction of sp³-hybridized carbons (Fsp3) is 0.471. The normalized spacial score (nSPS) is 15.9.